The number of nitrogens with two attached hydrogens (primary N) is 1. The van der Waals surface area contributed by atoms with E-state index in [9.17, 15) is 4.79 Å². The number of carbonyl (C=O) groups is 1. The third-order valence-corrected chi connectivity index (χ3v) is 4.15. The molecule has 5 heteroatoms. The van der Waals surface area contributed by atoms with Crippen LogP contribution in [-0.4, -0.2) is 35.1 Å². The zero-order valence-corrected chi connectivity index (χ0v) is 11.8. The molecule has 1 aromatic heterocycles. The summed E-state index contributed by atoms with van der Waals surface area (Å²) >= 11 is 0. The van der Waals surface area contributed by atoms with Crippen molar-refractivity contribution in [3.8, 4) is 0 Å². The molecule has 1 fully saturated rings. The van der Waals surface area contributed by atoms with Gasteiger partial charge in [-0.1, -0.05) is 18.0 Å². The number of aryl methyl sites for hydroxylation is 1. The van der Waals surface area contributed by atoms with E-state index in [0.717, 1.165) is 12.8 Å². The summed E-state index contributed by atoms with van der Waals surface area (Å²) in [5.74, 6) is 1.02. The molecule has 0 radical (unpaired) electrons. The van der Waals surface area contributed by atoms with E-state index in [-0.39, 0.29) is 11.9 Å². The first-order valence-electron chi connectivity index (χ1n) is 7.11. The van der Waals surface area contributed by atoms with Gasteiger partial charge in [-0.15, -0.1) is 0 Å². The summed E-state index contributed by atoms with van der Waals surface area (Å²) in [5, 5.41) is 3.70. The number of aromatic nitrogens is 1. The molecule has 2 atom stereocenters. The average molecular weight is 265 g/mol. The van der Waals surface area contributed by atoms with Gasteiger partial charge in [-0.25, -0.2) is 0 Å². The molecule has 106 valence electrons. The minimum atomic E-state index is 0.0200. The van der Waals surface area contributed by atoms with Crippen LogP contribution < -0.4 is 5.73 Å². The third-order valence-electron chi connectivity index (χ3n) is 4.15. The van der Waals surface area contributed by atoms with Gasteiger partial charge in [0.2, 0.25) is 0 Å². The van der Waals surface area contributed by atoms with Crippen molar-refractivity contribution >= 4 is 5.91 Å². The van der Waals surface area contributed by atoms with Crippen LogP contribution in [0.15, 0.2) is 10.7 Å². The lowest BCUT2D eigenvalue weighted by atomic mass is 9.83. The lowest BCUT2D eigenvalue weighted by Crippen LogP contribution is -2.48. The highest BCUT2D eigenvalue weighted by atomic mass is 16.5. The molecule has 2 N–H and O–H groups in total. The van der Waals surface area contributed by atoms with Crippen molar-refractivity contribution in [1.82, 2.24) is 10.1 Å². The zero-order valence-electron chi connectivity index (χ0n) is 11.8. The van der Waals surface area contributed by atoms with Crippen molar-refractivity contribution < 1.29 is 9.32 Å². The van der Waals surface area contributed by atoms with Gasteiger partial charge in [0.25, 0.3) is 5.91 Å². The minimum Gasteiger partial charge on any atom is -0.361 e. The molecule has 1 aromatic rings. The van der Waals surface area contributed by atoms with Crippen LogP contribution in [0.2, 0.25) is 0 Å². The molecule has 2 rings (SSSR count). The van der Waals surface area contributed by atoms with Gasteiger partial charge >= 0.3 is 0 Å². The van der Waals surface area contributed by atoms with Gasteiger partial charge in [-0.3, -0.25) is 4.79 Å². The molecule has 0 aromatic carbocycles. The number of carbonyl (C=O) groups excluding carboxylic acids is 1. The molecule has 0 saturated heterocycles. The van der Waals surface area contributed by atoms with Crippen molar-refractivity contribution in [2.24, 2.45) is 11.7 Å². The SMILES string of the molecule is CCN(C(=O)c1cnoc1C)C1CCCCC1CN. The van der Waals surface area contributed by atoms with Crippen LogP contribution in [-0.2, 0) is 0 Å². The Bertz CT molecular complexity index is 430. The smallest absolute Gasteiger partial charge is 0.259 e. The number of rotatable bonds is 4. The van der Waals surface area contributed by atoms with Crippen LogP contribution in [0.4, 0.5) is 0 Å². The van der Waals surface area contributed by atoms with Crippen LogP contribution in [0.1, 0.15) is 48.7 Å². The summed E-state index contributed by atoms with van der Waals surface area (Å²) in [5.41, 5.74) is 6.44. The maximum Gasteiger partial charge on any atom is 0.259 e. The Morgan fingerprint density at radius 1 is 1.53 bits per heavy atom. The highest BCUT2D eigenvalue weighted by Crippen LogP contribution is 2.29. The summed E-state index contributed by atoms with van der Waals surface area (Å²) < 4.78 is 5.00. The standard InChI is InChI=1S/C14H23N3O2/c1-3-17(13-7-5-4-6-11(13)8-15)14(18)12-9-16-19-10(12)2/h9,11,13H,3-8,15H2,1-2H3. The second-order valence-electron chi connectivity index (χ2n) is 5.23. The van der Waals surface area contributed by atoms with E-state index >= 15 is 0 Å². The quantitative estimate of drug-likeness (QED) is 0.903. The first-order chi connectivity index (χ1) is 9.19. The zero-order chi connectivity index (χ0) is 13.8. The Kier molecular flexibility index (Phi) is 4.58. The van der Waals surface area contributed by atoms with Gasteiger partial charge in [0.05, 0.1) is 6.20 Å². The highest BCUT2D eigenvalue weighted by molar-refractivity contribution is 5.95. The Morgan fingerprint density at radius 2 is 2.26 bits per heavy atom. The molecule has 2 unspecified atom stereocenters. The topological polar surface area (TPSA) is 72.4 Å². The second-order valence-corrected chi connectivity index (χ2v) is 5.23. The Balaban J connectivity index is 2.19. The largest absolute Gasteiger partial charge is 0.361 e. The highest BCUT2D eigenvalue weighted by Gasteiger charge is 2.32. The number of nitrogens with zero attached hydrogens (tertiary/aromatic N) is 2. The lowest BCUT2D eigenvalue weighted by Gasteiger charge is -2.39. The lowest BCUT2D eigenvalue weighted by molar-refractivity contribution is 0.0558. The second kappa shape index (κ2) is 6.19. The monoisotopic (exact) mass is 265 g/mol. The molecule has 0 spiro atoms. The van der Waals surface area contributed by atoms with Gasteiger partial charge in [0, 0.05) is 12.6 Å². The minimum absolute atomic E-state index is 0.0200. The van der Waals surface area contributed by atoms with Crippen molar-refractivity contribution in [2.75, 3.05) is 13.1 Å². The molecule has 19 heavy (non-hydrogen) atoms. The van der Waals surface area contributed by atoms with E-state index in [1.165, 1.54) is 19.0 Å². The summed E-state index contributed by atoms with van der Waals surface area (Å²) in [6.45, 7) is 5.14. The molecule has 1 saturated carbocycles. The average Bonchev–Trinajstić information content (AvgIpc) is 2.86. The molecular weight excluding hydrogens is 242 g/mol. The van der Waals surface area contributed by atoms with E-state index in [0.29, 0.717) is 30.3 Å². The summed E-state index contributed by atoms with van der Waals surface area (Å²) in [7, 11) is 0. The molecular formula is C14H23N3O2. The molecule has 1 heterocycles. The molecule has 5 nitrogen and oxygen atoms in total. The Morgan fingerprint density at radius 3 is 2.84 bits per heavy atom. The Labute approximate surface area is 114 Å². The van der Waals surface area contributed by atoms with Crippen molar-refractivity contribution in [2.45, 2.75) is 45.6 Å². The van der Waals surface area contributed by atoms with Crippen LogP contribution in [0.5, 0.6) is 0 Å². The van der Waals surface area contributed by atoms with E-state index < -0.39 is 0 Å². The number of amides is 1. The predicted octanol–water partition coefficient (Wildman–Crippen LogP) is 1.96. The Hall–Kier alpha value is -1.36. The first-order valence-corrected chi connectivity index (χ1v) is 7.11. The molecule has 0 aliphatic heterocycles. The fraction of sp³-hybridized carbons (Fsp3) is 0.714. The molecule has 1 aliphatic carbocycles. The van der Waals surface area contributed by atoms with Crippen LogP contribution >= 0.6 is 0 Å². The number of hydrogen-bond acceptors (Lipinski definition) is 4. The van der Waals surface area contributed by atoms with Gasteiger partial charge < -0.3 is 15.2 Å². The predicted molar refractivity (Wildman–Crippen MR) is 72.8 cm³/mol. The van der Waals surface area contributed by atoms with Crippen LogP contribution in [0.25, 0.3) is 0 Å². The maximum absolute atomic E-state index is 12.6. The van der Waals surface area contributed by atoms with E-state index in [1.807, 2.05) is 11.8 Å². The third kappa shape index (κ3) is 2.81. The van der Waals surface area contributed by atoms with E-state index in [1.54, 1.807) is 6.92 Å². The fourth-order valence-electron chi connectivity index (χ4n) is 3.06. The van der Waals surface area contributed by atoms with Crippen molar-refractivity contribution in [3.05, 3.63) is 17.5 Å². The number of hydrogen-bond donors (Lipinski definition) is 1. The van der Waals surface area contributed by atoms with Gasteiger partial charge in [-0.2, -0.15) is 0 Å². The van der Waals surface area contributed by atoms with Crippen LogP contribution in [0, 0.1) is 12.8 Å². The van der Waals surface area contributed by atoms with E-state index in [2.05, 4.69) is 5.16 Å². The van der Waals surface area contributed by atoms with Gasteiger partial charge in [0.15, 0.2) is 0 Å². The van der Waals surface area contributed by atoms with Crippen LogP contribution in [0.3, 0.4) is 0 Å². The van der Waals surface area contributed by atoms with Crippen molar-refractivity contribution in [1.29, 1.82) is 0 Å². The molecule has 1 aliphatic rings. The first kappa shape index (κ1) is 14.1. The van der Waals surface area contributed by atoms with Gasteiger partial charge in [-0.05, 0) is 39.2 Å². The van der Waals surface area contributed by atoms with Gasteiger partial charge in [0.1, 0.15) is 11.3 Å². The van der Waals surface area contributed by atoms with E-state index in [4.69, 9.17) is 10.3 Å². The maximum atomic E-state index is 12.6. The summed E-state index contributed by atoms with van der Waals surface area (Å²) in [4.78, 5) is 14.5. The molecule has 0 bridgehead atoms. The summed E-state index contributed by atoms with van der Waals surface area (Å²) in [6.07, 6.45) is 6.07. The molecule has 1 amide bonds. The van der Waals surface area contributed by atoms with Crippen molar-refractivity contribution in [3.63, 3.8) is 0 Å². The normalized spacial score (nSPS) is 23.3. The summed E-state index contributed by atoms with van der Waals surface area (Å²) in [6, 6.07) is 0.255. The fourth-order valence-corrected chi connectivity index (χ4v) is 3.06.